The predicted octanol–water partition coefficient (Wildman–Crippen LogP) is -1.09. The average molecular weight is 329 g/mol. The molecule has 2 radical (unpaired) electrons. The molecule has 0 unspecified atom stereocenters. The summed E-state index contributed by atoms with van der Waals surface area (Å²) in [4.78, 5) is 10.4. The molecule has 0 aliphatic heterocycles. The first-order valence-corrected chi connectivity index (χ1v) is 2.66. The second-order valence-corrected chi connectivity index (χ2v) is 1.53. The average Bonchev–Trinajstić information content (AvgIpc) is 1.83. The second-order valence-electron chi connectivity index (χ2n) is 1.53. The molecule has 5 nitrogen and oxygen atoms in total. The third kappa shape index (κ3) is 22.6. The van der Waals surface area contributed by atoms with Crippen LogP contribution in [0.1, 0.15) is 12.8 Å². The van der Waals surface area contributed by atoms with E-state index in [1.165, 1.54) is 0 Å². The summed E-state index contributed by atoms with van der Waals surface area (Å²) in [6, 6.07) is 0. The molecule has 0 fully saturated rings. The fourth-order valence-corrected chi connectivity index (χ4v) is 0.374. The zero-order chi connectivity index (χ0) is 6.41. The molecule has 12 heavy (non-hydrogen) atoms. The molecular weight excluding hydrogens is 314 g/mol. The Morgan fingerprint density at radius 1 is 1.33 bits per heavy atom. The first kappa shape index (κ1) is 29.2. The van der Waals surface area contributed by atoms with Crippen molar-refractivity contribution in [2.24, 2.45) is 0 Å². The molecule has 0 bridgehead atoms. The Morgan fingerprint density at radius 3 is 2.00 bits per heavy atom. The molecule has 0 rings (SSSR count). The van der Waals surface area contributed by atoms with Gasteiger partial charge in [-0.3, -0.25) is 4.79 Å². The molecule has 6 N–H and O–H groups in total. The predicted molar refractivity (Wildman–Crippen MR) is 39.7 cm³/mol. The smallest absolute Gasteiger partial charge is 0.219 e. The summed E-state index contributed by atoms with van der Waals surface area (Å²) in [5, 5.41) is 2.48. The van der Waals surface area contributed by atoms with E-state index in [1.807, 2.05) is 0 Å². The minimum absolute atomic E-state index is 0. The SMILES string of the molecule is CNC(=O)CCC[NH-].O.O.[Y].[Y]. The fraction of sp³-hybridized carbons (Fsp3) is 0.800. The molecular formula is C5H15N2O3Y2-. The standard InChI is InChI=1S/C5H11N2O.2H2O.2Y/c1-7-5(8)3-2-4-6;;;;/h6H,2-4H2,1H3,(H,7,8);2*1H2;;/q-1;;;;. The number of hydrogen-bond donors (Lipinski definition) is 1. The van der Waals surface area contributed by atoms with E-state index in [9.17, 15) is 4.79 Å². The Balaban J connectivity index is -0.0000000408. The summed E-state index contributed by atoms with van der Waals surface area (Å²) < 4.78 is 0. The van der Waals surface area contributed by atoms with Crippen molar-refractivity contribution >= 4 is 5.91 Å². The molecule has 0 aliphatic carbocycles. The normalized spacial score (nSPS) is 5.83. The molecule has 0 heterocycles. The number of amides is 1. The summed E-state index contributed by atoms with van der Waals surface area (Å²) in [6.45, 7) is 0.341. The largest absolute Gasteiger partial charge is 0.677 e. The van der Waals surface area contributed by atoms with Crippen molar-refractivity contribution in [1.82, 2.24) is 5.32 Å². The molecule has 7 heteroatoms. The van der Waals surface area contributed by atoms with Crippen molar-refractivity contribution in [3.8, 4) is 0 Å². The van der Waals surface area contributed by atoms with Crippen LogP contribution in [-0.4, -0.2) is 30.5 Å². The Morgan fingerprint density at radius 2 is 1.75 bits per heavy atom. The van der Waals surface area contributed by atoms with E-state index >= 15 is 0 Å². The topological polar surface area (TPSA) is 116 Å². The minimum Gasteiger partial charge on any atom is -0.677 e. The van der Waals surface area contributed by atoms with Crippen LogP contribution >= 0.6 is 0 Å². The summed E-state index contributed by atoms with van der Waals surface area (Å²) in [6.07, 6.45) is 1.15. The van der Waals surface area contributed by atoms with Crippen molar-refractivity contribution in [2.75, 3.05) is 13.6 Å². The Bertz CT molecular complexity index is 85.1. The van der Waals surface area contributed by atoms with Crippen LogP contribution in [0.5, 0.6) is 0 Å². The van der Waals surface area contributed by atoms with Crippen molar-refractivity contribution in [3.05, 3.63) is 5.73 Å². The summed E-state index contributed by atoms with van der Waals surface area (Å²) in [7, 11) is 1.60. The summed E-state index contributed by atoms with van der Waals surface area (Å²) in [5.74, 6) is 0.0252. The van der Waals surface area contributed by atoms with E-state index < -0.39 is 0 Å². The molecule has 1 amide bonds. The van der Waals surface area contributed by atoms with Crippen LogP contribution in [0.3, 0.4) is 0 Å². The van der Waals surface area contributed by atoms with Crippen LogP contribution < -0.4 is 5.32 Å². The number of hydrogen-bond acceptors (Lipinski definition) is 1. The summed E-state index contributed by atoms with van der Waals surface area (Å²) >= 11 is 0. The van der Waals surface area contributed by atoms with Gasteiger partial charge in [0.05, 0.1) is 0 Å². The molecule has 0 aromatic rings. The fourth-order valence-electron chi connectivity index (χ4n) is 0.374. The van der Waals surface area contributed by atoms with Crippen LogP contribution in [0.25, 0.3) is 5.73 Å². The van der Waals surface area contributed by atoms with Crippen LogP contribution in [-0.2, 0) is 70.2 Å². The third-order valence-corrected chi connectivity index (χ3v) is 0.859. The maximum Gasteiger partial charge on any atom is 0.219 e. The second kappa shape index (κ2) is 22.9. The van der Waals surface area contributed by atoms with Gasteiger partial charge in [-0.25, -0.2) is 0 Å². The first-order valence-electron chi connectivity index (χ1n) is 2.66. The maximum absolute atomic E-state index is 10.4. The number of nitrogens with one attached hydrogen (secondary N) is 2. The van der Waals surface area contributed by atoms with Gasteiger partial charge in [0.1, 0.15) is 0 Å². The summed E-state index contributed by atoms with van der Waals surface area (Å²) in [5.41, 5.74) is 6.69. The van der Waals surface area contributed by atoms with Crippen molar-refractivity contribution in [1.29, 1.82) is 0 Å². The maximum atomic E-state index is 10.4. The van der Waals surface area contributed by atoms with E-state index in [4.69, 9.17) is 5.73 Å². The number of rotatable bonds is 3. The van der Waals surface area contributed by atoms with Gasteiger partial charge < -0.3 is 22.0 Å². The van der Waals surface area contributed by atoms with Gasteiger partial charge in [0, 0.05) is 78.9 Å². The van der Waals surface area contributed by atoms with Crippen LogP contribution in [0, 0.1) is 0 Å². The number of carbonyl (C=O) groups excluding carboxylic acids is 1. The van der Waals surface area contributed by atoms with Gasteiger partial charge in [0.2, 0.25) is 5.91 Å². The molecule has 0 atom stereocenters. The molecule has 0 saturated carbocycles. The number of carbonyl (C=O) groups is 1. The van der Waals surface area contributed by atoms with E-state index in [2.05, 4.69) is 5.32 Å². The molecule has 0 aliphatic rings. The van der Waals surface area contributed by atoms with E-state index in [-0.39, 0.29) is 82.3 Å². The van der Waals surface area contributed by atoms with Gasteiger partial charge in [-0.05, 0) is 0 Å². The van der Waals surface area contributed by atoms with Gasteiger partial charge in [-0.1, -0.05) is 6.42 Å². The van der Waals surface area contributed by atoms with Crippen LogP contribution in [0.4, 0.5) is 0 Å². The minimum atomic E-state index is 0. The van der Waals surface area contributed by atoms with Crippen molar-refractivity contribution in [2.45, 2.75) is 12.8 Å². The van der Waals surface area contributed by atoms with Gasteiger partial charge >= 0.3 is 0 Å². The quantitative estimate of drug-likeness (QED) is 0.696. The van der Waals surface area contributed by atoms with E-state index in [0.29, 0.717) is 19.4 Å². The van der Waals surface area contributed by atoms with Gasteiger partial charge in [-0.2, -0.15) is 6.54 Å². The van der Waals surface area contributed by atoms with Crippen LogP contribution in [0.2, 0.25) is 0 Å². The molecule has 70 valence electrons. The Hall–Kier alpha value is 1.56. The zero-order valence-corrected chi connectivity index (χ0v) is 12.9. The van der Waals surface area contributed by atoms with E-state index in [0.717, 1.165) is 0 Å². The van der Waals surface area contributed by atoms with Crippen molar-refractivity contribution < 1.29 is 81.2 Å². The first-order chi connectivity index (χ1) is 3.81. The van der Waals surface area contributed by atoms with Crippen LogP contribution in [0.15, 0.2) is 0 Å². The van der Waals surface area contributed by atoms with Gasteiger partial charge in [-0.15, -0.1) is 0 Å². The van der Waals surface area contributed by atoms with Gasteiger partial charge in [0.25, 0.3) is 0 Å². The Kier molecular flexibility index (Phi) is 55.7. The molecule has 0 aromatic carbocycles. The third-order valence-electron chi connectivity index (χ3n) is 0.859. The Labute approximate surface area is 123 Å². The van der Waals surface area contributed by atoms with Crippen molar-refractivity contribution in [3.63, 3.8) is 0 Å². The monoisotopic (exact) mass is 329 g/mol. The van der Waals surface area contributed by atoms with E-state index in [1.54, 1.807) is 7.05 Å². The molecule has 0 saturated heterocycles. The molecule has 0 spiro atoms. The molecule has 0 aromatic heterocycles. The van der Waals surface area contributed by atoms with Gasteiger partial charge in [0.15, 0.2) is 0 Å². The zero-order valence-electron chi connectivity index (χ0n) is 7.18.